The first kappa shape index (κ1) is 20.1. The molecule has 0 heterocycles. The fourth-order valence-electron chi connectivity index (χ4n) is 3.01. The second kappa shape index (κ2) is 9.55. The number of carbonyl (C=O) groups excluding carboxylic acids is 2. The lowest BCUT2D eigenvalue weighted by molar-refractivity contribution is -0.114. The number of amides is 2. The molecule has 0 saturated heterocycles. The van der Waals surface area contributed by atoms with Crippen LogP contribution in [0.1, 0.15) is 35.7 Å². The van der Waals surface area contributed by atoms with E-state index in [1.165, 1.54) is 0 Å². The van der Waals surface area contributed by atoms with Crippen molar-refractivity contribution >= 4 is 28.9 Å². The largest absolute Gasteiger partial charge is 0.374 e. The maximum absolute atomic E-state index is 12.5. The molecule has 0 aliphatic heterocycles. The van der Waals surface area contributed by atoms with Crippen LogP contribution in [-0.4, -0.2) is 18.4 Å². The van der Waals surface area contributed by atoms with Crippen molar-refractivity contribution in [2.45, 2.75) is 19.8 Å². The Bertz CT molecular complexity index is 984. The predicted octanol–water partition coefficient (Wildman–Crippen LogP) is 5.11. The minimum absolute atomic E-state index is 0.0879. The van der Waals surface area contributed by atoms with Gasteiger partial charge in [0.05, 0.1) is 17.9 Å². The highest BCUT2D eigenvalue weighted by Crippen LogP contribution is 2.24. The van der Waals surface area contributed by atoms with Crippen LogP contribution in [-0.2, 0) is 4.79 Å². The molecule has 3 rings (SSSR count). The van der Waals surface area contributed by atoms with Gasteiger partial charge >= 0.3 is 0 Å². The minimum Gasteiger partial charge on any atom is -0.374 e. The molecule has 0 aliphatic carbocycles. The van der Waals surface area contributed by atoms with Gasteiger partial charge in [-0.25, -0.2) is 0 Å². The van der Waals surface area contributed by atoms with Gasteiger partial charge in [0.15, 0.2) is 0 Å². The molecule has 148 valence electrons. The molecule has 0 saturated carbocycles. The average Bonchev–Trinajstić information content (AvgIpc) is 2.74. The summed E-state index contributed by atoms with van der Waals surface area (Å²) in [6.07, 6.45) is 0. The van der Waals surface area contributed by atoms with Crippen LogP contribution in [0.15, 0.2) is 78.9 Å². The van der Waals surface area contributed by atoms with Crippen LogP contribution in [0.4, 0.5) is 17.1 Å². The summed E-state index contributed by atoms with van der Waals surface area (Å²) in [5, 5.41) is 8.96. The predicted molar refractivity (Wildman–Crippen MR) is 118 cm³/mol. The van der Waals surface area contributed by atoms with Crippen LogP contribution < -0.4 is 16.0 Å². The Balaban J connectivity index is 1.64. The highest BCUT2D eigenvalue weighted by atomic mass is 16.2. The zero-order chi connectivity index (χ0) is 20.6. The van der Waals surface area contributed by atoms with Crippen molar-refractivity contribution in [3.8, 4) is 0 Å². The lowest BCUT2D eigenvalue weighted by Gasteiger charge is -2.15. The van der Waals surface area contributed by atoms with E-state index in [4.69, 9.17) is 0 Å². The molecule has 0 aliphatic rings. The lowest BCUT2D eigenvalue weighted by atomic mass is 10.0. The van der Waals surface area contributed by atoms with Gasteiger partial charge in [0.2, 0.25) is 5.91 Å². The van der Waals surface area contributed by atoms with Gasteiger partial charge in [-0.1, -0.05) is 62.4 Å². The number of hydrogen-bond donors (Lipinski definition) is 3. The zero-order valence-corrected chi connectivity index (χ0v) is 16.6. The van der Waals surface area contributed by atoms with Crippen molar-refractivity contribution in [3.63, 3.8) is 0 Å². The van der Waals surface area contributed by atoms with E-state index >= 15 is 0 Å². The molecule has 0 atom stereocenters. The summed E-state index contributed by atoms with van der Waals surface area (Å²) in [4.78, 5) is 24.9. The SMILES string of the molecule is CC(C)c1ccccc1NC(=O)CNc1ccccc1NC(=O)c1ccccc1. The van der Waals surface area contributed by atoms with Crippen molar-refractivity contribution in [1.29, 1.82) is 0 Å². The number of rotatable bonds is 7. The molecule has 5 nitrogen and oxygen atoms in total. The Labute approximate surface area is 171 Å². The molecule has 0 unspecified atom stereocenters. The molecule has 0 radical (unpaired) electrons. The molecule has 5 heteroatoms. The molecule has 29 heavy (non-hydrogen) atoms. The third-order valence-corrected chi connectivity index (χ3v) is 4.51. The monoisotopic (exact) mass is 387 g/mol. The van der Waals surface area contributed by atoms with Gasteiger partial charge in [-0.2, -0.15) is 0 Å². The molecular weight excluding hydrogens is 362 g/mol. The Morgan fingerprint density at radius 3 is 2.00 bits per heavy atom. The lowest BCUT2D eigenvalue weighted by Crippen LogP contribution is -2.23. The quantitative estimate of drug-likeness (QED) is 0.527. The maximum Gasteiger partial charge on any atom is 0.255 e. The first-order valence-electron chi connectivity index (χ1n) is 9.62. The second-order valence-electron chi connectivity index (χ2n) is 7.01. The summed E-state index contributed by atoms with van der Waals surface area (Å²) in [7, 11) is 0. The van der Waals surface area contributed by atoms with Gasteiger partial charge in [-0.05, 0) is 41.8 Å². The van der Waals surface area contributed by atoms with Gasteiger partial charge in [-0.15, -0.1) is 0 Å². The zero-order valence-electron chi connectivity index (χ0n) is 16.6. The molecule has 3 N–H and O–H groups in total. The van der Waals surface area contributed by atoms with Crippen molar-refractivity contribution in [2.24, 2.45) is 0 Å². The first-order valence-corrected chi connectivity index (χ1v) is 9.62. The molecule has 0 fully saturated rings. The smallest absolute Gasteiger partial charge is 0.255 e. The molecule has 3 aromatic carbocycles. The summed E-state index contributed by atoms with van der Waals surface area (Å²) >= 11 is 0. The molecule has 0 bridgehead atoms. The van der Waals surface area contributed by atoms with E-state index in [2.05, 4.69) is 29.8 Å². The summed E-state index contributed by atoms with van der Waals surface area (Å²) in [6, 6.07) is 24.1. The Morgan fingerprint density at radius 1 is 0.724 bits per heavy atom. The van der Waals surface area contributed by atoms with E-state index in [0.29, 0.717) is 22.9 Å². The summed E-state index contributed by atoms with van der Waals surface area (Å²) in [6.45, 7) is 4.27. The number of benzene rings is 3. The van der Waals surface area contributed by atoms with Crippen molar-refractivity contribution in [3.05, 3.63) is 90.0 Å². The number of carbonyl (C=O) groups is 2. The Hall–Kier alpha value is -3.60. The molecule has 0 spiro atoms. The summed E-state index contributed by atoms with van der Waals surface area (Å²) < 4.78 is 0. The van der Waals surface area contributed by atoms with Gasteiger partial charge < -0.3 is 16.0 Å². The average molecular weight is 387 g/mol. The number of anilines is 3. The van der Waals surface area contributed by atoms with Crippen LogP contribution in [0.2, 0.25) is 0 Å². The highest BCUT2D eigenvalue weighted by molar-refractivity contribution is 6.06. The molecular formula is C24H25N3O2. The third-order valence-electron chi connectivity index (χ3n) is 4.51. The number of nitrogens with one attached hydrogen (secondary N) is 3. The van der Waals surface area contributed by atoms with E-state index in [9.17, 15) is 9.59 Å². The molecule has 2 amide bonds. The van der Waals surface area contributed by atoms with Crippen LogP contribution in [0.25, 0.3) is 0 Å². The van der Waals surface area contributed by atoms with E-state index in [1.807, 2.05) is 60.7 Å². The first-order chi connectivity index (χ1) is 14.0. The second-order valence-corrected chi connectivity index (χ2v) is 7.01. The summed E-state index contributed by atoms with van der Waals surface area (Å²) in [5.41, 5.74) is 3.79. The van der Waals surface area contributed by atoms with E-state index < -0.39 is 0 Å². The van der Waals surface area contributed by atoms with E-state index in [-0.39, 0.29) is 18.4 Å². The Kier molecular flexibility index (Phi) is 6.63. The number of para-hydroxylation sites is 3. The molecule has 3 aromatic rings. The van der Waals surface area contributed by atoms with Crippen molar-refractivity contribution in [1.82, 2.24) is 0 Å². The van der Waals surface area contributed by atoms with E-state index in [1.54, 1.807) is 18.2 Å². The molecule has 0 aromatic heterocycles. The fraction of sp³-hybridized carbons (Fsp3) is 0.167. The Morgan fingerprint density at radius 2 is 1.31 bits per heavy atom. The summed E-state index contributed by atoms with van der Waals surface area (Å²) in [5.74, 6) is -0.0363. The highest BCUT2D eigenvalue weighted by Gasteiger charge is 2.11. The number of hydrogen-bond acceptors (Lipinski definition) is 3. The van der Waals surface area contributed by atoms with Gasteiger partial charge in [0.1, 0.15) is 0 Å². The van der Waals surface area contributed by atoms with Crippen LogP contribution in [0, 0.1) is 0 Å². The van der Waals surface area contributed by atoms with Crippen LogP contribution in [0.3, 0.4) is 0 Å². The topological polar surface area (TPSA) is 70.2 Å². The maximum atomic E-state index is 12.5. The van der Waals surface area contributed by atoms with E-state index in [0.717, 1.165) is 11.3 Å². The van der Waals surface area contributed by atoms with Gasteiger partial charge in [0, 0.05) is 11.3 Å². The van der Waals surface area contributed by atoms with Gasteiger partial charge in [-0.3, -0.25) is 9.59 Å². The minimum atomic E-state index is -0.199. The fourth-order valence-corrected chi connectivity index (χ4v) is 3.01. The van der Waals surface area contributed by atoms with Crippen LogP contribution >= 0.6 is 0 Å². The van der Waals surface area contributed by atoms with Crippen LogP contribution in [0.5, 0.6) is 0 Å². The van der Waals surface area contributed by atoms with Gasteiger partial charge in [0.25, 0.3) is 5.91 Å². The van der Waals surface area contributed by atoms with Crippen molar-refractivity contribution < 1.29 is 9.59 Å². The standard InChI is InChI=1S/C24H25N3O2/c1-17(2)19-12-6-7-13-20(19)26-23(28)16-25-21-14-8-9-15-22(21)27-24(29)18-10-4-3-5-11-18/h3-15,17,25H,16H2,1-2H3,(H,26,28)(H,27,29). The normalized spacial score (nSPS) is 10.4. The third kappa shape index (κ3) is 5.45. The van der Waals surface area contributed by atoms with Crippen molar-refractivity contribution in [2.75, 3.05) is 22.5 Å².